The molecule has 0 aromatic carbocycles. The molecule has 0 bridgehead atoms. The molecule has 0 fully saturated rings. The Morgan fingerprint density at radius 3 is 2.50 bits per heavy atom. The summed E-state index contributed by atoms with van der Waals surface area (Å²) in [6, 6.07) is 1.73. The highest BCUT2D eigenvalue weighted by Crippen LogP contribution is 2.16. The molecule has 0 aliphatic rings. The van der Waals surface area contributed by atoms with Crippen LogP contribution in [0.25, 0.3) is 0 Å². The molecular weight excluding hydrogens is 298 g/mol. The second kappa shape index (κ2) is 6.04. The molecular formula is C12H18BrN3O2. The molecule has 0 radical (unpaired) electrons. The average Bonchev–Trinajstić information content (AvgIpc) is 2.54. The molecule has 2 N–H and O–H groups in total. The van der Waals surface area contributed by atoms with Crippen molar-refractivity contribution in [3.05, 3.63) is 22.4 Å². The molecule has 0 spiro atoms. The van der Waals surface area contributed by atoms with Crippen LogP contribution < -0.4 is 5.73 Å². The third kappa shape index (κ3) is 3.87. The minimum atomic E-state index is -0.503. The lowest BCUT2D eigenvalue weighted by atomic mass is 10.2. The van der Waals surface area contributed by atoms with Gasteiger partial charge in [-0.25, -0.2) is 0 Å². The van der Waals surface area contributed by atoms with E-state index in [0.717, 1.165) is 4.47 Å². The van der Waals surface area contributed by atoms with Crippen LogP contribution in [-0.2, 0) is 11.8 Å². The molecule has 6 heteroatoms. The van der Waals surface area contributed by atoms with Crippen molar-refractivity contribution in [2.45, 2.75) is 13.8 Å². The van der Waals surface area contributed by atoms with Crippen LogP contribution in [0, 0.1) is 5.92 Å². The third-order valence-electron chi connectivity index (χ3n) is 2.41. The molecule has 1 rings (SSSR count). The Labute approximate surface area is 115 Å². The number of nitrogens with two attached hydrogens (primary N) is 1. The quantitative estimate of drug-likeness (QED) is 0.891. The molecule has 18 heavy (non-hydrogen) atoms. The maximum absolute atomic E-state index is 12.3. The minimum absolute atomic E-state index is 0.0557. The maximum Gasteiger partial charge on any atom is 0.270 e. The first-order valence-electron chi connectivity index (χ1n) is 5.70. The van der Waals surface area contributed by atoms with Crippen LogP contribution in [0.1, 0.15) is 24.3 Å². The van der Waals surface area contributed by atoms with Gasteiger partial charge >= 0.3 is 0 Å². The van der Waals surface area contributed by atoms with Gasteiger partial charge in [0.1, 0.15) is 5.69 Å². The zero-order chi connectivity index (χ0) is 13.9. The zero-order valence-corrected chi connectivity index (χ0v) is 12.4. The summed E-state index contributed by atoms with van der Waals surface area (Å²) in [4.78, 5) is 24.8. The van der Waals surface area contributed by atoms with E-state index < -0.39 is 5.91 Å². The van der Waals surface area contributed by atoms with Gasteiger partial charge in [0, 0.05) is 24.3 Å². The van der Waals surface area contributed by atoms with Gasteiger partial charge in [-0.3, -0.25) is 9.59 Å². The third-order valence-corrected chi connectivity index (χ3v) is 2.84. The molecule has 2 amide bonds. The number of carbonyl (C=O) groups is 2. The van der Waals surface area contributed by atoms with Crippen LogP contribution >= 0.6 is 15.9 Å². The van der Waals surface area contributed by atoms with Gasteiger partial charge in [-0.1, -0.05) is 13.8 Å². The van der Waals surface area contributed by atoms with Crippen LogP contribution in [0.3, 0.4) is 0 Å². The molecule has 0 saturated heterocycles. The van der Waals surface area contributed by atoms with Crippen LogP contribution in [0.15, 0.2) is 16.7 Å². The second-order valence-corrected chi connectivity index (χ2v) is 5.62. The molecule has 1 aromatic rings. The van der Waals surface area contributed by atoms with E-state index in [4.69, 9.17) is 5.73 Å². The van der Waals surface area contributed by atoms with E-state index in [0.29, 0.717) is 12.2 Å². The number of aryl methyl sites for hydroxylation is 1. The highest BCUT2D eigenvalue weighted by Gasteiger charge is 2.21. The summed E-state index contributed by atoms with van der Waals surface area (Å²) >= 11 is 3.32. The number of rotatable bonds is 5. The summed E-state index contributed by atoms with van der Waals surface area (Å²) in [7, 11) is 1.79. The lowest BCUT2D eigenvalue weighted by molar-refractivity contribution is -0.118. The molecule has 0 aliphatic heterocycles. The highest BCUT2D eigenvalue weighted by molar-refractivity contribution is 9.10. The van der Waals surface area contributed by atoms with Crippen LogP contribution in [0.5, 0.6) is 0 Å². The van der Waals surface area contributed by atoms with E-state index >= 15 is 0 Å². The Balaban J connectivity index is 2.94. The SMILES string of the molecule is CC(C)CN(CC(N)=O)C(=O)c1cc(Br)cn1C. The van der Waals surface area contributed by atoms with Gasteiger partial charge in [-0.2, -0.15) is 0 Å². The highest BCUT2D eigenvalue weighted by atomic mass is 79.9. The number of halogens is 1. The van der Waals surface area contributed by atoms with E-state index in [1.165, 1.54) is 4.90 Å². The Morgan fingerprint density at radius 2 is 2.11 bits per heavy atom. The molecule has 0 saturated carbocycles. The van der Waals surface area contributed by atoms with E-state index in [9.17, 15) is 9.59 Å². The monoisotopic (exact) mass is 315 g/mol. The topological polar surface area (TPSA) is 68.3 Å². The number of hydrogen-bond acceptors (Lipinski definition) is 2. The van der Waals surface area contributed by atoms with Gasteiger partial charge in [0.25, 0.3) is 5.91 Å². The standard InChI is InChI=1S/C12H18BrN3O2/c1-8(2)5-16(7-11(14)17)12(18)10-4-9(13)6-15(10)3/h4,6,8H,5,7H2,1-3H3,(H2,14,17). The summed E-state index contributed by atoms with van der Waals surface area (Å²) in [6.07, 6.45) is 1.80. The number of carbonyl (C=O) groups excluding carboxylic acids is 2. The van der Waals surface area contributed by atoms with E-state index in [-0.39, 0.29) is 18.4 Å². The summed E-state index contributed by atoms with van der Waals surface area (Å²) in [5.41, 5.74) is 5.71. The van der Waals surface area contributed by atoms with E-state index in [1.807, 2.05) is 13.8 Å². The lowest BCUT2D eigenvalue weighted by Gasteiger charge is -2.23. The number of nitrogens with zero attached hydrogens (tertiary/aromatic N) is 2. The lowest BCUT2D eigenvalue weighted by Crippen LogP contribution is -2.41. The fourth-order valence-electron chi connectivity index (χ4n) is 1.75. The number of amides is 2. The van der Waals surface area contributed by atoms with Gasteiger partial charge in [-0.15, -0.1) is 0 Å². The first-order valence-corrected chi connectivity index (χ1v) is 6.50. The summed E-state index contributed by atoms with van der Waals surface area (Å²) in [5, 5.41) is 0. The largest absolute Gasteiger partial charge is 0.368 e. The van der Waals surface area contributed by atoms with Crippen LogP contribution in [0.2, 0.25) is 0 Å². The number of aromatic nitrogens is 1. The van der Waals surface area contributed by atoms with E-state index in [2.05, 4.69) is 15.9 Å². The summed E-state index contributed by atoms with van der Waals surface area (Å²) < 4.78 is 2.55. The predicted molar refractivity (Wildman–Crippen MR) is 73.0 cm³/mol. The van der Waals surface area contributed by atoms with Gasteiger partial charge in [0.15, 0.2) is 0 Å². The van der Waals surface area contributed by atoms with Crippen molar-refractivity contribution >= 4 is 27.7 Å². The minimum Gasteiger partial charge on any atom is -0.368 e. The molecule has 1 aromatic heterocycles. The fraction of sp³-hybridized carbons (Fsp3) is 0.500. The molecule has 5 nitrogen and oxygen atoms in total. The molecule has 100 valence electrons. The van der Waals surface area contributed by atoms with Crippen molar-refractivity contribution in [1.82, 2.24) is 9.47 Å². The van der Waals surface area contributed by atoms with Crippen molar-refractivity contribution in [3.63, 3.8) is 0 Å². The number of hydrogen-bond donors (Lipinski definition) is 1. The smallest absolute Gasteiger partial charge is 0.270 e. The Morgan fingerprint density at radius 1 is 1.50 bits per heavy atom. The van der Waals surface area contributed by atoms with Crippen molar-refractivity contribution in [1.29, 1.82) is 0 Å². The van der Waals surface area contributed by atoms with E-state index in [1.54, 1.807) is 23.9 Å². The Bertz CT molecular complexity index is 454. The van der Waals surface area contributed by atoms with Gasteiger partial charge in [-0.05, 0) is 27.9 Å². The average molecular weight is 316 g/mol. The van der Waals surface area contributed by atoms with Gasteiger partial charge < -0.3 is 15.2 Å². The molecule has 0 unspecified atom stereocenters. The van der Waals surface area contributed by atoms with Crippen molar-refractivity contribution in [2.24, 2.45) is 18.7 Å². The second-order valence-electron chi connectivity index (χ2n) is 4.70. The Hall–Kier alpha value is -1.30. The number of primary amides is 1. The Kier molecular flexibility index (Phi) is 4.95. The fourth-order valence-corrected chi connectivity index (χ4v) is 2.27. The van der Waals surface area contributed by atoms with Gasteiger partial charge in [0.05, 0.1) is 6.54 Å². The first kappa shape index (κ1) is 14.8. The van der Waals surface area contributed by atoms with Gasteiger partial charge in [0.2, 0.25) is 5.91 Å². The molecule has 0 atom stereocenters. The summed E-state index contributed by atoms with van der Waals surface area (Å²) in [5.74, 6) is -0.412. The van der Waals surface area contributed by atoms with Crippen molar-refractivity contribution in [3.8, 4) is 0 Å². The van der Waals surface area contributed by atoms with Crippen LogP contribution in [-0.4, -0.2) is 34.4 Å². The van der Waals surface area contributed by atoms with Crippen molar-refractivity contribution < 1.29 is 9.59 Å². The zero-order valence-electron chi connectivity index (χ0n) is 10.8. The normalized spacial score (nSPS) is 10.7. The van der Waals surface area contributed by atoms with Crippen molar-refractivity contribution in [2.75, 3.05) is 13.1 Å². The molecule has 1 heterocycles. The maximum atomic E-state index is 12.3. The predicted octanol–water partition coefficient (Wildman–Crippen LogP) is 1.37. The first-order chi connectivity index (χ1) is 8.31. The summed E-state index contributed by atoms with van der Waals surface area (Å²) in [6.45, 7) is 4.43. The molecule has 0 aliphatic carbocycles. The van der Waals surface area contributed by atoms with Crippen LogP contribution in [0.4, 0.5) is 0 Å².